The third kappa shape index (κ3) is 8.49. The van der Waals surface area contributed by atoms with Crippen molar-refractivity contribution < 1.29 is 14.6 Å². The van der Waals surface area contributed by atoms with Gasteiger partial charge in [-0.1, -0.05) is 23.2 Å². The van der Waals surface area contributed by atoms with Crippen LogP contribution in [0.5, 0.6) is 5.75 Å². The molecular formula is C15H23Cl2NO3. The van der Waals surface area contributed by atoms with Crippen LogP contribution in [0.4, 0.5) is 0 Å². The topological polar surface area (TPSA) is 50.7 Å². The molecule has 4 nitrogen and oxygen atoms in total. The first-order chi connectivity index (χ1) is 10.1. The van der Waals surface area contributed by atoms with Gasteiger partial charge in [-0.3, -0.25) is 0 Å². The third-order valence-electron chi connectivity index (χ3n) is 2.91. The molecule has 6 heteroatoms. The van der Waals surface area contributed by atoms with Crippen molar-refractivity contribution in [2.75, 3.05) is 33.4 Å². The normalized spacial score (nSPS) is 12.4. The van der Waals surface area contributed by atoms with Crippen LogP contribution in [-0.2, 0) is 4.74 Å². The quantitative estimate of drug-likeness (QED) is 0.610. The highest BCUT2D eigenvalue weighted by atomic mass is 35.5. The maximum Gasteiger partial charge on any atom is 0.138 e. The van der Waals surface area contributed by atoms with E-state index in [0.717, 1.165) is 32.4 Å². The summed E-state index contributed by atoms with van der Waals surface area (Å²) in [4.78, 5) is 0. The van der Waals surface area contributed by atoms with E-state index < -0.39 is 6.10 Å². The second-order valence-corrected chi connectivity index (χ2v) is 5.64. The summed E-state index contributed by atoms with van der Waals surface area (Å²) in [6.07, 6.45) is 2.68. The molecule has 120 valence electrons. The van der Waals surface area contributed by atoms with Gasteiger partial charge in [0.15, 0.2) is 0 Å². The summed E-state index contributed by atoms with van der Waals surface area (Å²) in [6.45, 7) is 2.37. The summed E-state index contributed by atoms with van der Waals surface area (Å²) in [7, 11) is 1.71. The van der Waals surface area contributed by atoms with Crippen molar-refractivity contribution in [2.45, 2.75) is 25.4 Å². The van der Waals surface area contributed by atoms with Crippen LogP contribution in [0, 0.1) is 0 Å². The molecule has 1 unspecified atom stereocenters. The molecule has 0 spiro atoms. The van der Waals surface area contributed by atoms with Crippen molar-refractivity contribution in [2.24, 2.45) is 0 Å². The van der Waals surface area contributed by atoms with Crippen LogP contribution in [0.2, 0.25) is 10.0 Å². The zero-order valence-electron chi connectivity index (χ0n) is 12.3. The van der Waals surface area contributed by atoms with Gasteiger partial charge in [0, 0.05) is 25.3 Å². The first-order valence-corrected chi connectivity index (χ1v) is 7.84. The minimum absolute atomic E-state index is 0.192. The van der Waals surface area contributed by atoms with E-state index in [9.17, 15) is 5.11 Å². The molecule has 0 radical (unpaired) electrons. The molecule has 1 atom stereocenters. The highest BCUT2D eigenvalue weighted by molar-refractivity contribution is 6.35. The largest absolute Gasteiger partial charge is 0.489 e. The van der Waals surface area contributed by atoms with Crippen LogP contribution in [0.3, 0.4) is 0 Å². The van der Waals surface area contributed by atoms with E-state index in [1.165, 1.54) is 0 Å². The molecule has 0 fully saturated rings. The standard InChI is InChI=1S/C15H23Cl2NO3/c1-20-8-4-2-3-7-18-10-13(19)11-21-15-6-5-12(16)9-14(15)17/h5-6,9,13,18-19H,2-4,7-8,10-11H2,1H3. The highest BCUT2D eigenvalue weighted by Gasteiger charge is 2.07. The van der Waals surface area contributed by atoms with Crippen LogP contribution in [0.15, 0.2) is 18.2 Å². The Balaban J connectivity index is 2.09. The average molecular weight is 336 g/mol. The maximum atomic E-state index is 9.82. The molecule has 1 rings (SSSR count). The number of benzene rings is 1. The van der Waals surface area contributed by atoms with Gasteiger partial charge in [-0.25, -0.2) is 0 Å². The number of aliphatic hydroxyl groups is 1. The Morgan fingerprint density at radius 2 is 2.05 bits per heavy atom. The molecule has 2 N–H and O–H groups in total. The molecule has 0 aliphatic heterocycles. The summed E-state index contributed by atoms with van der Waals surface area (Å²) < 4.78 is 10.4. The molecule has 0 saturated heterocycles. The lowest BCUT2D eigenvalue weighted by molar-refractivity contribution is 0.106. The summed E-state index contributed by atoms with van der Waals surface area (Å²) in [5, 5.41) is 14.0. The second-order valence-electron chi connectivity index (χ2n) is 4.80. The monoisotopic (exact) mass is 335 g/mol. The van der Waals surface area contributed by atoms with E-state index in [0.29, 0.717) is 22.3 Å². The van der Waals surface area contributed by atoms with Gasteiger partial charge in [-0.05, 0) is 44.0 Å². The number of hydrogen-bond donors (Lipinski definition) is 2. The zero-order chi connectivity index (χ0) is 15.5. The minimum Gasteiger partial charge on any atom is -0.489 e. The number of hydrogen-bond acceptors (Lipinski definition) is 4. The Hall–Kier alpha value is -0.520. The number of aliphatic hydroxyl groups excluding tert-OH is 1. The first kappa shape index (κ1) is 18.5. The van der Waals surface area contributed by atoms with Crippen molar-refractivity contribution in [3.8, 4) is 5.75 Å². The lowest BCUT2D eigenvalue weighted by Crippen LogP contribution is -2.32. The van der Waals surface area contributed by atoms with Gasteiger partial charge in [0.1, 0.15) is 18.5 Å². The van der Waals surface area contributed by atoms with Crippen molar-refractivity contribution in [3.63, 3.8) is 0 Å². The number of rotatable bonds is 11. The van der Waals surface area contributed by atoms with E-state index in [1.807, 2.05) is 0 Å². The fourth-order valence-electron chi connectivity index (χ4n) is 1.78. The van der Waals surface area contributed by atoms with Crippen molar-refractivity contribution in [3.05, 3.63) is 28.2 Å². The lowest BCUT2D eigenvalue weighted by Gasteiger charge is -2.14. The molecule has 0 bridgehead atoms. The first-order valence-electron chi connectivity index (χ1n) is 7.09. The Kier molecular flexibility index (Phi) is 9.79. The Morgan fingerprint density at radius 1 is 1.24 bits per heavy atom. The number of halogens is 2. The molecule has 0 aromatic heterocycles. The fraction of sp³-hybridized carbons (Fsp3) is 0.600. The molecular weight excluding hydrogens is 313 g/mol. The third-order valence-corrected chi connectivity index (χ3v) is 3.44. The van der Waals surface area contributed by atoms with Crippen LogP contribution >= 0.6 is 23.2 Å². The highest BCUT2D eigenvalue weighted by Crippen LogP contribution is 2.27. The van der Waals surface area contributed by atoms with Gasteiger partial charge >= 0.3 is 0 Å². The predicted molar refractivity (Wildman–Crippen MR) is 86.6 cm³/mol. The number of methoxy groups -OCH3 is 1. The molecule has 1 aromatic rings. The Bertz CT molecular complexity index is 405. The lowest BCUT2D eigenvalue weighted by atomic mass is 10.2. The summed E-state index contributed by atoms with van der Waals surface area (Å²) in [5.41, 5.74) is 0. The maximum absolute atomic E-state index is 9.82. The van der Waals surface area contributed by atoms with Gasteiger partial charge in [0.2, 0.25) is 0 Å². The number of ether oxygens (including phenoxy) is 2. The van der Waals surface area contributed by atoms with E-state index in [-0.39, 0.29) is 6.61 Å². The van der Waals surface area contributed by atoms with E-state index in [1.54, 1.807) is 25.3 Å². The van der Waals surface area contributed by atoms with Crippen molar-refractivity contribution >= 4 is 23.2 Å². The van der Waals surface area contributed by atoms with Crippen LogP contribution in [0.25, 0.3) is 0 Å². The van der Waals surface area contributed by atoms with E-state index in [4.69, 9.17) is 32.7 Å². The van der Waals surface area contributed by atoms with Crippen LogP contribution in [-0.4, -0.2) is 44.6 Å². The molecule has 21 heavy (non-hydrogen) atoms. The number of unbranched alkanes of at least 4 members (excludes halogenated alkanes) is 2. The molecule has 0 saturated carbocycles. The van der Waals surface area contributed by atoms with Gasteiger partial charge in [-0.2, -0.15) is 0 Å². The minimum atomic E-state index is -0.573. The predicted octanol–water partition coefficient (Wildman–Crippen LogP) is 3.14. The van der Waals surface area contributed by atoms with Gasteiger partial charge in [-0.15, -0.1) is 0 Å². The Morgan fingerprint density at radius 3 is 2.76 bits per heavy atom. The summed E-state index contributed by atoms with van der Waals surface area (Å²) in [6, 6.07) is 5.01. The van der Waals surface area contributed by atoms with Gasteiger partial charge < -0.3 is 19.9 Å². The summed E-state index contributed by atoms with van der Waals surface area (Å²) in [5.74, 6) is 0.527. The fourth-order valence-corrected chi connectivity index (χ4v) is 2.24. The van der Waals surface area contributed by atoms with Gasteiger partial charge in [0.25, 0.3) is 0 Å². The SMILES string of the molecule is COCCCCCNCC(O)COc1ccc(Cl)cc1Cl. The van der Waals surface area contributed by atoms with Crippen molar-refractivity contribution in [1.82, 2.24) is 5.32 Å². The molecule has 0 heterocycles. The van der Waals surface area contributed by atoms with Crippen molar-refractivity contribution in [1.29, 1.82) is 0 Å². The average Bonchev–Trinajstić information content (AvgIpc) is 2.45. The van der Waals surface area contributed by atoms with E-state index >= 15 is 0 Å². The molecule has 0 aliphatic rings. The number of nitrogens with one attached hydrogen (secondary N) is 1. The molecule has 0 amide bonds. The second kappa shape index (κ2) is 11.1. The van der Waals surface area contributed by atoms with E-state index in [2.05, 4.69) is 5.32 Å². The molecule has 1 aromatic carbocycles. The smallest absolute Gasteiger partial charge is 0.138 e. The van der Waals surface area contributed by atoms with Crippen LogP contribution in [0.1, 0.15) is 19.3 Å². The Labute approximate surface area is 136 Å². The van der Waals surface area contributed by atoms with Crippen LogP contribution < -0.4 is 10.1 Å². The summed E-state index contributed by atoms with van der Waals surface area (Å²) >= 11 is 11.8. The molecule has 0 aliphatic carbocycles. The zero-order valence-corrected chi connectivity index (χ0v) is 13.8. The van der Waals surface area contributed by atoms with Gasteiger partial charge in [0.05, 0.1) is 5.02 Å².